The third kappa shape index (κ3) is 2.14. The van der Waals surface area contributed by atoms with Gasteiger partial charge >= 0.3 is 0 Å². The van der Waals surface area contributed by atoms with E-state index in [2.05, 4.69) is 29.1 Å². The molecular formula is C15H17N3O. The molecule has 0 aromatic carbocycles. The van der Waals surface area contributed by atoms with E-state index in [4.69, 9.17) is 0 Å². The predicted molar refractivity (Wildman–Crippen MR) is 73.8 cm³/mol. The zero-order chi connectivity index (χ0) is 13.4. The molecule has 0 radical (unpaired) electrons. The molecule has 0 fully saturated rings. The number of hydrogen-bond acceptors (Lipinski definition) is 2. The zero-order valence-electron chi connectivity index (χ0n) is 11.1. The Kier molecular flexibility index (Phi) is 2.85. The van der Waals surface area contributed by atoms with E-state index in [9.17, 15) is 4.79 Å². The van der Waals surface area contributed by atoms with Crippen molar-refractivity contribution in [3.05, 3.63) is 41.9 Å². The minimum absolute atomic E-state index is 0.0245. The number of pyridine rings is 1. The van der Waals surface area contributed by atoms with E-state index in [1.165, 1.54) is 0 Å². The number of fused-ring (bicyclic) bond motifs is 1. The SMILES string of the molecule is CC(C)[C@@H]1Cc2[nH]c(-c3ccncc3)cc2C(=O)N1. The molecular weight excluding hydrogens is 238 g/mol. The van der Waals surface area contributed by atoms with Gasteiger partial charge in [0.25, 0.3) is 5.91 Å². The Hall–Kier alpha value is -2.10. The topological polar surface area (TPSA) is 57.8 Å². The lowest BCUT2D eigenvalue weighted by atomic mass is 9.94. The smallest absolute Gasteiger partial charge is 0.253 e. The van der Waals surface area contributed by atoms with Gasteiger partial charge in [0, 0.05) is 41.8 Å². The van der Waals surface area contributed by atoms with Crippen LogP contribution in [0.15, 0.2) is 30.6 Å². The normalized spacial score (nSPS) is 18.3. The number of nitrogens with zero attached hydrogens (tertiary/aromatic N) is 1. The standard InChI is InChI=1S/C15H17N3O/c1-9(2)12-8-14-11(15(19)18-12)7-13(17-14)10-3-5-16-6-4-10/h3-7,9,12,17H,8H2,1-2H3,(H,18,19)/t12-/m0/s1. The second-order valence-electron chi connectivity index (χ2n) is 5.34. The van der Waals surface area contributed by atoms with Crippen LogP contribution in [-0.2, 0) is 6.42 Å². The van der Waals surface area contributed by atoms with E-state index in [0.717, 1.165) is 28.9 Å². The van der Waals surface area contributed by atoms with Gasteiger partial charge in [-0.1, -0.05) is 13.8 Å². The van der Waals surface area contributed by atoms with Crippen molar-refractivity contribution in [1.29, 1.82) is 0 Å². The number of nitrogens with one attached hydrogen (secondary N) is 2. The molecule has 1 aliphatic heterocycles. The Bertz CT molecular complexity index is 601. The largest absolute Gasteiger partial charge is 0.358 e. The molecule has 2 aromatic heterocycles. The summed E-state index contributed by atoms with van der Waals surface area (Å²) in [5.41, 5.74) is 3.84. The van der Waals surface area contributed by atoms with Crippen LogP contribution in [0.2, 0.25) is 0 Å². The Morgan fingerprint density at radius 3 is 2.74 bits per heavy atom. The number of amides is 1. The number of aromatic amines is 1. The summed E-state index contributed by atoms with van der Waals surface area (Å²) in [6, 6.07) is 6.02. The first-order valence-corrected chi connectivity index (χ1v) is 6.58. The van der Waals surface area contributed by atoms with Crippen molar-refractivity contribution in [2.75, 3.05) is 0 Å². The quantitative estimate of drug-likeness (QED) is 0.865. The Morgan fingerprint density at radius 2 is 2.05 bits per heavy atom. The maximum Gasteiger partial charge on any atom is 0.253 e. The fourth-order valence-electron chi connectivity index (χ4n) is 2.47. The summed E-state index contributed by atoms with van der Waals surface area (Å²) in [6.07, 6.45) is 4.38. The van der Waals surface area contributed by atoms with E-state index in [-0.39, 0.29) is 11.9 Å². The van der Waals surface area contributed by atoms with E-state index >= 15 is 0 Å². The van der Waals surface area contributed by atoms with Crippen LogP contribution < -0.4 is 5.32 Å². The van der Waals surface area contributed by atoms with Crippen molar-refractivity contribution in [2.24, 2.45) is 5.92 Å². The third-order valence-electron chi connectivity index (χ3n) is 3.68. The number of aromatic nitrogens is 2. The molecule has 3 rings (SSSR count). The summed E-state index contributed by atoms with van der Waals surface area (Å²) >= 11 is 0. The number of carbonyl (C=O) groups excluding carboxylic acids is 1. The van der Waals surface area contributed by atoms with Gasteiger partial charge in [-0.2, -0.15) is 0 Å². The summed E-state index contributed by atoms with van der Waals surface area (Å²) in [6.45, 7) is 4.26. The molecule has 0 saturated heterocycles. The van der Waals surface area contributed by atoms with Crippen molar-refractivity contribution in [2.45, 2.75) is 26.3 Å². The van der Waals surface area contributed by atoms with Gasteiger partial charge in [0.2, 0.25) is 0 Å². The highest BCUT2D eigenvalue weighted by Gasteiger charge is 2.28. The molecule has 1 amide bonds. The van der Waals surface area contributed by atoms with Crippen LogP contribution in [0.1, 0.15) is 29.9 Å². The maximum atomic E-state index is 12.1. The lowest BCUT2D eigenvalue weighted by Gasteiger charge is -2.26. The number of rotatable bonds is 2. The molecule has 0 unspecified atom stereocenters. The van der Waals surface area contributed by atoms with Crippen molar-refractivity contribution >= 4 is 5.91 Å². The minimum atomic E-state index is 0.0245. The molecule has 1 atom stereocenters. The molecule has 3 heterocycles. The molecule has 4 heteroatoms. The van der Waals surface area contributed by atoms with E-state index in [1.54, 1.807) is 12.4 Å². The van der Waals surface area contributed by atoms with Gasteiger partial charge in [-0.3, -0.25) is 9.78 Å². The average molecular weight is 255 g/mol. The number of carbonyl (C=O) groups is 1. The predicted octanol–water partition coefficient (Wildman–Crippen LogP) is 2.39. The first-order chi connectivity index (χ1) is 9.15. The first-order valence-electron chi connectivity index (χ1n) is 6.58. The van der Waals surface area contributed by atoms with Gasteiger partial charge in [-0.25, -0.2) is 0 Å². The van der Waals surface area contributed by atoms with Crippen LogP contribution in [0.5, 0.6) is 0 Å². The van der Waals surface area contributed by atoms with Crippen LogP contribution in [-0.4, -0.2) is 21.9 Å². The first kappa shape index (κ1) is 12.0. The van der Waals surface area contributed by atoms with Gasteiger partial charge in [0.05, 0.1) is 5.56 Å². The fraction of sp³-hybridized carbons (Fsp3) is 0.333. The highest BCUT2D eigenvalue weighted by molar-refractivity contribution is 5.98. The lowest BCUT2D eigenvalue weighted by molar-refractivity contribution is 0.0912. The third-order valence-corrected chi connectivity index (χ3v) is 3.68. The monoisotopic (exact) mass is 255 g/mol. The van der Waals surface area contributed by atoms with E-state index < -0.39 is 0 Å². The molecule has 1 aliphatic rings. The molecule has 19 heavy (non-hydrogen) atoms. The molecule has 0 saturated carbocycles. The summed E-state index contributed by atoms with van der Waals surface area (Å²) < 4.78 is 0. The van der Waals surface area contributed by atoms with Crippen molar-refractivity contribution in [3.63, 3.8) is 0 Å². The van der Waals surface area contributed by atoms with Crippen molar-refractivity contribution in [3.8, 4) is 11.3 Å². The molecule has 4 nitrogen and oxygen atoms in total. The summed E-state index contributed by atoms with van der Waals surface area (Å²) in [5, 5.41) is 3.07. The Balaban J connectivity index is 1.98. The summed E-state index contributed by atoms with van der Waals surface area (Å²) in [4.78, 5) is 19.5. The van der Waals surface area contributed by atoms with Gasteiger partial charge < -0.3 is 10.3 Å². The summed E-state index contributed by atoms with van der Waals surface area (Å²) in [5.74, 6) is 0.460. The molecule has 2 N–H and O–H groups in total. The Morgan fingerprint density at radius 1 is 1.32 bits per heavy atom. The van der Waals surface area contributed by atoms with Gasteiger partial charge in [-0.15, -0.1) is 0 Å². The Labute approximate surface area is 112 Å². The van der Waals surface area contributed by atoms with Gasteiger partial charge in [0.1, 0.15) is 0 Å². The number of H-pyrrole nitrogens is 1. The van der Waals surface area contributed by atoms with Crippen molar-refractivity contribution < 1.29 is 4.79 Å². The van der Waals surface area contributed by atoms with Gasteiger partial charge in [-0.05, 0) is 24.1 Å². The average Bonchev–Trinajstić information content (AvgIpc) is 2.84. The van der Waals surface area contributed by atoms with Crippen LogP contribution in [0.3, 0.4) is 0 Å². The highest BCUT2D eigenvalue weighted by atomic mass is 16.1. The van der Waals surface area contributed by atoms with Crippen LogP contribution in [0, 0.1) is 5.92 Å². The van der Waals surface area contributed by atoms with E-state index in [1.807, 2.05) is 18.2 Å². The molecule has 0 bridgehead atoms. The molecule has 2 aromatic rings. The second kappa shape index (κ2) is 4.53. The van der Waals surface area contributed by atoms with Crippen LogP contribution in [0.25, 0.3) is 11.3 Å². The molecule has 0 spiro atoms. The summed E-state index contributed by atoms with van der Waals surface area (Å²) in [7, 11) is 0. The van der Waals surface area contributed by atoms with Crippen LogP contribution in [0.4, 0.5) is 0 Å². The minimum Gasteiger partial charge on any atom is -0.358 e. The fourth-order valence-corrected chi connectivity index (χ4v) is 2.47. The maximum absolute atomic E-state index is 12.1. The molecule has 98 valence electrons. The van der Waals surface area contributed by atoms with Crippen LogP contribution >= 0.6 is 0 Å². The second-order valence-corrected chi connectivity index (χ2v) is 5.34. The lowest BCUT2D eigenvalue weighted by Crippen LogP contribution is -2.44. The van der Waals surface area contributed by atoms with Crippen molar-refractivity contribution in [1.82, 2.24) is 15.3 Å². The molecule has 0 aliphatic carbocycles. The number of hydrogen-bond donors (Lipinski definition) is 2. The zero-order valence-corrected chi connectivity index (χ0v) is 11.1. The highest BCUT2D eigenvalue weighted by Crippen LogP contribution is 2.26. The van der Waals surface area contributed by atoms with Gasteiger partial charge in [0.15, 0.2) is 0 Å². The van der Waals surface area contributed by atoms with E-state index in [0.29, 0.717) is 5.92 Å².